The van der Waals surface area contributed by atoms with Crippen LogP contribution in [-0.4, -0.2) is 46.8 Å². The van der Waals surface area contributed by atoms with Crippen molar-refractivity contribution in [2.24, 2.45) is 5.92 Å². The van der Waals surface area contributed by atoms with Gasteiger partial charge in [-0.2, -0.15) is 0 Å². The minimum absolute atomic E-state index is 0.188. The highest BCUT2D eigenvalue weighted by Crippen LogP contribution is 2.20. The summed E-state index contributed by atoms with van der Waals surface area (Å²) < 4.78 is 16.0. The summed E-state index contributed by atoms with van der Waals surface area (Å²) in [5.41, 5.74) is 0. The van der Waals surface area contributed by atoms with Crippen molar-refractivity contribution in [2.75, 3.05) is 34.5 Å². The second-order valence-corrected chi connectivity index (χ2v) is 3.63. The van der Waals surface area contributed by atoms with E-state index in [0.29, 0.717) is 5.92 Å². The number of hydrogen-bond donors (Lipinski definition) is 1. The van der Waals surface area contributed by atoms with Gasteiger partial charge in [0.05, 0.1) is 12.6 Å². The Hall–Kier alpha value is -0.160. The smallest absolute Gasteiger partial charge is 0.172 e. The number of hydrogen-bond acceptors (Lipinski definition) is 4. The highest BCUT2D eigenvalue weighted by Gasteiger charge is 2.29. The third-order valence-electron chi connectivity index (χ3n) is 2.79. The maximum atomic E-state index is 5.45. The Bertz CT molecular complexity index is 144. The Morgan fingerprint density at radius 3 is 2.50 bits per heavy atom. The first-order valence-electron chi connectivity index (χ1n) is 5.14. The molecule has 0 radical (unpaired) electrons. The van der Waals surface area contributed by atoms with Crippen molar-refractivity contribution in [2.45, 2.75) is 25.2 Å². The number of likely N-dealkylation sites (N-methyl/N-ethyl adjacent to an activating group) is 1. The fourth-order valence-electron chi connectivity index (χ4n) is 2.03. The maximum Gasteiger partial charge on any atom is 0.172 e. The van der Waals surface area contributed by atoms with Gasteiger partial charge in [-0.15, -0.1) is 0 Å². The van der Waals surface area contributed by atoms with E-state index in [-0.39, 0.29) is 12.3 Å². The van der Waals surface area contributed by atoms with Crippen molar-refractivity contribution in [3.05, 3.63) is 0 Å². The van der Waals surface area contributed by atoms with Gasteiger partial charge < -0.3 is 19.5 Å². The molecule has 0 amide bonds. The molecule has 1 aliphatic rings. The molecule has 1 saturated heterocycles. The zero-order valence-corrected chi connectivity index (χ0v) is 9.29. The van der Waals surface area contributed by atoms with Crippen LogP contribution in [0.4, 0.5) is 0 Å². The van der Waals surface area contributed by atoms with Crippen LogP contribution in [0.2, 0.25) is 0 Å². The lowest BCUT2D eigenvalue weighted by molar-refractivity contribution is -0.141. The molecular formula is C10H21NO3. The summed E-state index contributed by atoms with van der Waals surface area (Å²) in [7, 11) is 5.27. The molecule has 1 aliphatic heterocycles. The minimum atomic E-state index is -0.188. The number of rotatable bonds is 5. The summed E-state index contributed by atoms with van der Waals surface area (Å²) in [6.07, 6.45) is 2.12. The van der Waals surface area contributed by atoms with E-state index in [1.54, 1.807) is 14.2 Å². The molecule has 84 valence electrons. The van der Waals surface area contributed by atoms with Crippen LogP contribution < -0.4 is 5.32 Å². The summed E-state index contributed by atoms with van der Waals surface area (Å²) in [4.78, 5) is 0. The second-order valence-electron chi connectivity index (χ2n) is 3.63. The summed E-state index contributed by atoms with van der Waals surface area (Å²) in [5.74, 6) is 0.485. The van der Waals surface area contributed by atoms with Crippen LogP contribution in [0.3, 0.4) is 0 Å². The summed E-state index contributed by atoms with van der Waals surface area (Å²) in [6.45, 7) is 1.69. The molecule has 1 N–H and O–H groups in total. The zero-order valence-electron chi connectivity index (χ0n) is 9.29. The number of ether oxygens (including phenoxy) is 3. The average molecular weight is 203 g/mol. The van der Waals surface area contributed by atoms with Crippen LogP contribution in [0.15, 0.2) is 0 Å². The molecule has 0 aromatic heterocycles. The van der Waals surface area contributed by atoms with Gasteiger partial charge in [-0.05, 0) is 19.9 Å². The molecule has 14 heavy (non-hydrogen) atoms. The first-order chi connectivity index (χ1) is 6.83. The molecule has 0 aromatic carbocycles. The van der Waals surface area contributed by atoms with Crippen molar-refractivity contribution < 1.29 is 14.2 Å². The quantitative estimate of drug-likeness (QED) is 0.665. The van der Waals surface area contributed by atoms with E-state index in [1.807, 2.05) is 7.05 Å². The lowest BCUT2D eigenvalue weighted by Crippen LogP contribution is -2.48. The Kier molecular flexibility index (Phi) is 5.40. The predicted molar refractivity (Wildman–Crippen MR) is 54.2 cm³/mol. The first kappa shape index (κ1) is 11.9. The van der Waals surface area contributed by atoms with E-state index in [1.165, 1.54) is 6.42 Å². The monoisotopic (exact) mass is 203 g/mol. The molecule has 1 fully saturated rings. The Balaban J connectivity index is 2.49. The van der Waals surface area contributed by atoms with Crippen molar-refractivity contribution in [3.8, 4) is 0 Å². The van der Waals surface area contributed by atoms with Crippen LogP contribution in [0, 0.1) is 5.92 Å². The van der Waals surface area contributed by atoms with Crippen LogP contribution in [-0.2, 0) is 14.2 Å². The lowest BCUT2D eigenvalue weighted by Gasteiger charge is -2.33. The fraction of sp³-hybridized carbons (Fsp3) is 1.00. The standard InChI is InChI=1S/C10H21NO3/c1-11-9(10(12-2)13-3)8-5-4-6-14-7-8/h8-11H,4-7H2,1-3H3. The van der Waals surface area contributed by atoms with E-state index in [0.717, 1.165) is 19.6 Å². The van der Waals surface area contributed by atoms with Gasteiger partial charge in [0.15, 0.2) is 6.29 Å². The van der Waals surface area contributed by atoms with Gasteiger partial charge >= 0.3 is 0 Å². The Morgan fingerprint density at radius 2 is 2.07 bits per heavy atom. The van der Waals surface area contributed by atoms with E-state index < -0.39 is 0 Å². The van der Waals surface area contributed by atoms with Crippen LogP contribution in [0.1, 0.15) is 12.8 Å². The number of methoxy groups -OCH3 is 2. The minimum Gasteiger partial charge on any atom is -0.381 e. The maximum absolute atomic E-state index is 5.45. The molecule has 2 unspecified atom stereocenters. The topological polar surface area (TPSA) is 39.7 Å². The van der Waals surface area contributed by atoms with Gasteiger partial charge in [0.2, 0.25) is 0 Å². The predicted octanol–water partition coefficient (Wildman–Crippen LogP) is 0.620. The summed E-state index contributed by atoms with van der Waals surface area (Å²) in [5, 5.41) is 3.24. The van der Waals surface area contributed by atoms with Crippen LogP contribution in [0.25, 0.3) is 0 Å². The van der Waals surface area contributed by atoms with Crippen LogP contribution >= 0.6 is 0 Å². The van der Waals surface area contributed by atoms with Crippen molar-refractivity contribution in [1.82, 2.24) is 5.32 Å². The van der Waals surface area contributed by atoms with Gasteiger partial charge in [0, 0.05) is 26.7 Å². The van der Waals surface area contributed by atoms with Crippen molar-refractivity contribution in [1.29, 1.82) is 0 Å². The molecule has 2 atom stereocenters. The molecule has 4 nitrogen and oxygen atoms in total. The average Bonchev–Trinajstić information content (AvgIpc) is 2.27. The van der Waals surface area contributed by atoms with Crippen molar-refractivity contribution >= 4 is 0 Å². The summed E-state index contributed by atoms with van der Waals surface area (Å²) >= 11 is 0. The first-order valence-corrected chi connectivity index (χ1v) is 5.14. The van der Waals surface area contributed by atoms with E-state index in [2.05, 4.69) is 5.32 Å². The second kappa shape index (κ2) is 6.35. The molecule has 1 rings (SSSR count). The molecule has 0 aromatic rings. The van der Waals surface area contributed by atoms with E-state index in [4.69, 9.17) is 14.2 Å². The fourth-order valence-corrected chi connectivity index (χ4v) is 2.03. The van der Waals surface area contributed by atoms with Gasteiger partial charge in [-0.1, -0.05) is 0 Å². The molecule has 0 aliphatic carbocycles. The third kappa shape index (κ3) is 2.92. The molecule has 0 saturated carbocycles. The summed E-state index contributed by atoms with van der Waals surface area (Å²) in [6, 6.07) is 0.213. The van der Waals surface area contributed by atoms with E-state index in [9.17, 15) is 0 Å². The molecule has 4 heteroatoms. The molecule has 1 heterocycles. The van der Waals surface area contributed by atoms with Gasteiger partial charge in [-0.25, -0.2) is 0 Å². The van der Waals surface area contributed by atoms with Gasteiger partial charge in [0.1, 0.15) is 0 Å². The van der Waals surface area contributed by atoms with Gasteiger partial charge in [0.25, 0.3) is 0 Å². The molecule has 0 bridgehead atoms. The van der Waals surface area contributed by atoms with Crippen molar-refractivity contribution in [3.63, 3.8) is 0 Å². The highest BCUT2D eigenvalue weighted by atomic mass is 16.7. The normalized spacial score (nSPS) is 25.3. The zero-order chi connectivity index (χ0) is 10.4. The van der Waals surface area contributed by atoms with Gasteiger partial charge in [-0.3, -0.25) is 0 Å². The Labute approximate surface area is 85.9 Å². The Morgan fingerprint density at radius 1 is 1.36 bits per heavy atom. The molecular weight excluding hydrogens is 182 g/mol. The van der Waals surface area contributed by atoms with Crippen LogP contribution in [0.5, 0.6) is 0 Å². The lowest BCUT2D eigenvalue weighted by atomic mass is 9.93. The highest BCUT2D eigenvalue weighted by molar-refractivity contribution is 4.80. The van der Waals surface area contributed by atoms with E-state index >= 15 is 0 Å². The third-order valence-corrected chi connectivity index (χ3v) is 2.79. The largest absolute Gasteiger partial charge is 0.381 e. The molecule has 0 spiro atoms. The SMILES string of the molecule is CNC(C1CCCOC1)C(OC)OC. The number of nitrogens with one attached hydrogen (secondary N) is 1.